The maximum absolute atomic E-state index is 10.2. The highest BCUT2D eigenvalue weighted by Crippen LogP contribution is 2.57. The van der Waals surface area contributed by atoms with E-state index in [-0.39, 0.29) is 23.7 Å². The van der Waals surface area contributed by atoms with Crippen LogP contribution in [0.3, 0.4) is 0 Å². The first-order valence-corrected chi connectivity index (χ1v) is 8.01. The van der Waals surface area contributed by atoms with E-state index in [1.807, 2.05) is 6.08 Å². The van der Waals surface area contributed by atoms with Crippen LogP contribution in [0.25, 0.3) is 0 Å². The second kappa shape index (κ2) is 4.60. The van der Waals surface area contributed by atoms with Gasteiger partial charge in [-0.1, -0.05) is 13.0 Å². The Kier molecular flexibility index (Phi) is 2.93. The van der Waals surface area contributed by atoms with Gasteiger partial charge in [-0.3, -0.25) is 0 Å². The Morgan fingerprint density at radius 1 is 1.43 bits per heavy atom. The molecule has 1 spiro atoms. The minimum atomic E-state index is -0.358. The first-order chi connectivity index (χ1) is 10.1. The Balaban J connectivity index is 1.85. The molecule has 21 heavy (non-hydrogen) atoms. The molecule has 5 atom stereocenters. The molecule has 2 aliphatic heterocycles. The zero-order chi connectivity index (χ0) is 14.6. The van der Waals surface area contributed by atoms with Crippen molar-refractivity contribution in [1.29, 1.82) is 0 Å². The van der Waals surface area contributed by atoms with Gasteiger partial charge >= 0.3 is 0 Å². The Morgan fingerprint density at radius 2 is 2.29 bits per heavy atom. The van der Waals surface area contributed by atoms with Gasteiger partial charge < -0.3 is 14.6 Å². The first-order valence-electron chi connectivity index (χ1n) is 8.01. The summed E-state index contributed by atoms with van der Waals surface area (Å²) in [6, 6.07) is 0.00370. The fourth-order valence-corrected chi connectivity index (χ4v) is 4.69. The van der Waals surface area contributed by atoms with Crippen LogP contribution in [-0.4, -0.2) is 36.4 Å². The van der Waals surface area contributed by atoms with Crippen molar-refractivity contribution >= 4 is 5.90 Å². The predicted molar refractivity (Wildman–Crippen MR) is 80.0 cm³/mol. The summed E-state index contributed by atoms with van der Waals surface area (Å²) in [4.78, 5) is 4.73. The summed E-state index contributed by atoms with van der Waals surface area (Å²) in [6.45, 7) is 2.33. The Labute approximate surface area is 125 Å². The molecule has 0 aromatic rings. The molecular weight excluding hydrogens is 266 g/mol. The normalized spacial score (nSPS) is 44.4. The summed E-state index contributed by atoms with van der Waals surface area (Å²) < 4.78 is 11.7. The van der Waals surface area contributed by atoms with E-state index in [0.29, 0.717) is 24.7 Å². The van der Waals surface area contributed by atoms with E-state index in [1.54, 1.807) is 7.11 Å². The number of aliphatic hydroxyl groups is 1. The average Bonchev–Trinajstić information content (AvgIpc) is 2.67. The van der Waals surface area contributed by atoms with E-state index in [4.69, 9.17) is 14.5 Å². The van der Waals surface area contributed by atoms with E-state index in [1.165, 1.54) is 12.0 Å². The second-order valence-corrected chi connectivity index (χ2v) is 6.98. The number of methoxy groups -OCH3 is 1. The van der Waals surface area contributed by atoms with Crippen molar-refractivity contribution in [2.45, 2.75) is 57.3 Å². The van der Waals surface area contributed by atoms with Crippen molar-refractivity contribution in [3.8, 4) is 0 Å². The highest BCUT2D eigenvalue weighted by atomic mass is 16.5. The summed E-state index contributed by atoms with van der Waals surface area (Å²) in [5, 5.41) is 10.2. The number of aliphatic imine (C=N–C) groups is 1. The largest absolute Gasteiger partial charge is 0.493 e. The number of hydrogen-bond donors (Lipinski definition) is 1. The molecule has 0 amide bonds. The van der Waals surface area contributed by atoms with Gasteiger partial charge in [0.05, 0.1) is 24.7 Å². The maximum Gasteiger partial charge on any atom is 0.208 e. The molecular formula is C17H23NO3. The lowest BCUT2D eigenvalue weighted by molar-refractivity contribution is 0.0257. The fraction of sp³-hybridized carbons (Fsp3) is 0.706. The minimum Gasteiger partial charge on any atom is -0.493 e. The standard InChI is InChI=1S/C17H23NO3/c1-10-3-4-14-17(9-10)6-5-15(20-2)18-12-7-11(19)8-13(21-14)16(12)17/h5-6,10-12,14,19H,3-4,7-9H2,1-2H3. The van der Waals surface area contributed by atoms with Gasteiger partial charge in [0, 0.05) is 18.4 Å². The van der Waals surface area contributed by atoms with E-state index in [2.05, 4.69) is 13.0 Å². The Hall–Kier alpha value is -1.29. The summed E-state index contributed by atoms with van der Waals surface area (Å²) in [7, 11) is 1.66. The molecule has 114 valence electrons. The molecule has 0 bridgehead atoms. The van der Waals surface area contributed by atoms with Crippen molar-refractivity contribution in [2.75, 3.05) is 7.11 Å². The third-order valence-electron chi connectivity index (χ3n) is 5.53. The molecule has 4 nitrogen and oxygen atoms in total. The maximum atomic E-state index is 10.2. The molecule has 4 rings (SSSR count). The predicted octanol–water partition coefficient (Wildman–Crippen LogP) is 2.58. The molecule has 2 aliphatic carbocycles. The monoisotopic (exact) mass is 289 g/mol. The van der Waals surface area contributed by atoms with E-state index in [9.17, 15) is 5.11 Å². The molecule has 2 heterocycles. The van der Waals surface area contributed by atoms with Gasteiger partial charge in [-0.05, 0) is 31.3 Å². The quantitative estimate of drug-likeness (QED) is 0.745. The van der Waals surface area contributed by atoms with Gasteiger partial charge in [0.25, 0.3) is 0 Å². The highest BCUT2D eigenvalue weighted by Gasteiger charge is 2.55. The van der Waals surface area contributed by atoms with Gasteiger partial charge in [-0.2, -0.15) is 0 Å². The molecule has 1 saturated carbocycles. The molecule has 0 radical (unpaired) electrons. The lowest BCUT2D eigenvalue weighted by atomic mass is 9.62. The van der Waals surface area contributed by atoms with E-state index in [0.717, 1.165) is 18.6 Å². The van der Waals surface area contributed by atoms with Crippen LogP contribution in [-0.2, 0) is 9.47 Å². The molecule has 1 fully saturated rings. The summed E-state index contributed by atoms with van der Waals surface area (Å²) >= 11 is 0. The molecule has 0 saturated heterocycles. The van der Waals surface area contributed by atoms with Crippen LogP contribution >= 0.6 is 0 Å². The average molecular weight is 289 g/mol. The smallest absolute Gasteiger partial charge is 0.208 e. The number of ether oxygens (including phenoxy) is 2. The molecule has 0 aromatic heterocycles. The van der Waals surface area contributed by atoms with Crippen LogP contribution in [0.5, 0.6) is 0 Å². The number of rotatable bonds is 0. The Bertz CT molecular complexity index is 550. The summed E-state index contributed by atoms with van der Waals surface area (Å²) in [5.74, 6) is 2.36. The fourth-order valence-electron chi connectivity index (χ4n) is 4.69. The van der Waals surface area contributed by atoms with Crippen molar-refractivity contribution in [2.24, 2.45) is 16.3 Å². The van der Waals surface area contributed by atoms with Crippen LogP contribution in [0.2, 0.25) is 0 Å². The molecule has 1 N–H and O–H groups in total. The lowest BCUT2D eigenvalue weighted by Gasteiger charge is -2.41. The minimum absolute atomic E-state index is 0.00370. The Morgan fingerprint density at radius 3 is 3.10 bits per heavy atom. The van der Waals surface area contributed by atoms with Gasteiger partial charge in [-0.25, -0.2) is 4.99 Å². The van der Waals surface area contributed by atoms with Crippen LogP contribution in [0.4, 0.5) is 0 Å². The molecule has 0 aromatic carbocycles. The van der Waals surface area contributed by atoms with Gasteiger partial charge in [0.15, 0.2) is 0 Å². The lowest BCUT2D eigenvalue weighted by Crippen LogP contribution is -2.40. The molecule has 4 aliphatic rings. The zero-order valence-electron chi connectivity index (χ0n) is 12.7. The second-order valence-electron chi connectivity index (χ2n) is 6.98. The number of aliphatic hydroxyl groups excluding tert-OH is 1. The van der Waals surface area contributed by atoms with Gasteiger partial charge in [-0.15, -0.1) is 0 Å². The van der Waals surface area contributed by atoms with Gasteiger partial charge in [0.2, 0.25) is 5.90 Å². The van der Waals surface area contributed by atoms with Crippen molar-refractivity contribution in [3.63, 3.8) is 0 Å². The SMILES string of the molecule is COC1=NC2CC(O)CC3=C2C2(C=C1)CC(C)CCC2O3. The third-order valence-corrected chi connectivity index (χ3v) is 5.53. The summed E-state index contributed by atoms with van der Waals surface area (Å²) in [6.07, 6.45) is 8.88. The van der Waals surface area contributed by atoms with Crippen molar-refractivity contribution < 1.29 is 14.6 Å². The highest BCUT2D eigenvalue weighted by molar-refractivity contribution is 5.88. The van der Waals surface area contributed by atoms with Crippen LogP contribution < -0.4 is 0 Å². The van der Waals surface area contributed by atoms with Crippen LogP contribution in [0.1, 0.15) is 39.0 Å². The topological polar surface area (TPSA) is 51.0 Å². The van der Waals surface area contributed by atoms with E-state index >= 15 is 0 Å². The molecule has 4 heteroatoms. The van der Waals surface area contributed by atoms with E-state index < -0.39 is 0 Å². The van der Waals surface area contributed by atoms with Crippen LogP contribution in [0.15, 0.2) is 28.5 Å². The van der Waals surface area contributed by atoms with Gasteiger partial charge in [0.1, 0.15) is 11.9 Å². The van der Waals surface area contributed by atoms with Crippen molar-refractivity contribution in [1.82, 2.24) is 0 Å². The summed E-state index contributed by atoms with van der Waals surface area (Å²) in [5.41, 5.74) is 1.30. The molecule has 5 unspecified atom stereocenters. The van der Waals surface area contributed by atoms with Crippen molar-refractivity contribution in [3.05, 3.63) is 23.5 Å². The number of nitrogens with zero attached hydrogens (tertiary/aromatic N) is 1. The first kappa shape index (κ1) is 13.4. The third kappa shape index (κ3) is 1.88. The zero-order valence-corrected chi connectivity index (χ0v) is 12.7. The number of hydrogen-bond acceptors (Lipinski definition) is 4. The van der Waals surface area contributed by atoms with Crippen LogP contribution in [0, 0.1) is 11.3 Å².